The van der Waals surface area contributed by atoms with Crippen LogP contribution in [0.15, 0.2) is 30.3 Å². The minimum Gasteiger partial charge on any atom is -0.352 e. The van der Waals surface area contributed by atoms with Crippen molar-refractivity contribution in [2.75, 3.05) is 5.33 Å². The topological polar surface area (TPSA) is 29.1 Å². The smallest absolute Gasteiger partial charge is 0.223 e. The van der Waals surface area contributed by atoms with Gasteiger partial charge in [0.1, 0.15) is 0 Å². The summed E-state index contributed by atoms with van der Waals surface area (Å²) in [5.41, 5.74) is 1.46. The summed E-state index contributed by atoms with van der Waals surface area (Å²) in [6.07, 6.45) is 1.89. The van der Waals surface area contributed by atoms with Crippen molar-refractivity contribution in [3.8, 4) is 0 Å². The predicted octanol–water partition coefficient (Wildman–Crippen LogP) is 3.15. The Morgan fingerprint density at radius 2 is 2.06 bits per heavy atom. The highest BCUT2D eigenvalue weighted by Gasteiger charge is 2.50. The molecule has 0 heterocycles. The molecule has 1 aliphatic carbocycles. The van der Waals surface area contributed by atoms with Crippen molar-refractivity contribution in [2.45, 2.75) is 32.7 Å². The summed E-state index contributed by atoms with van der Waals surface area (Å²) in [4.78, 5) is 12.0. The van der Waals surface area contributed by atoms with Crippen LogP contribution in [0.25, 0.3) is 0 Å². The number of amides is 1. The molecule has 0 aliphatic heterocycles. The standard InChI is InChI=1S/C15H20BrNO/c1-15(2)9-13(15)14(18)17-12(10-16)8-11-6-4-3-5-7-11/h3-7,12-13H,8-10H2,1-2H3,(H,17,18). The van der Waals surface area contributed by atoms with E-state index < -0.39 is 0 Å². The average molecular weight is 310 g/mol. The lowest BCUT2D eigenvalue weighted by Gasteiger charge is -2.17. The Labute approximate surface area is 117 Å². The maximum Gasteiger partial charge on any atom is 0.223 e. The Bertz CT molecular complexity index is 416. The number of hydrogen-bond acceptors (Lipinski definition) is 1. The molecule has 2 atom stereocenters. The number of carbonyl (C=O) groups excluding carboxylic acids is 1. The summed E-state index contributed by atoms with van der Waals surface area (Å²) >= 11 is 3.49. The molecule has 0 aromatic heterocycles. The summed E-state index contributed by atoms with van der Waals surface area (Å²) < 4.78 is 0. The molecule has 1 saturated carbocycles. The first kappa shape index (κ1) is 13.6. The van der Waals surface area contributed by atoms with Gasteiger partial charge in [0.05, 0.1) is 0 Å². The van der Waals surface area contributed by atoms with Gasteiger partial charge in [-0.25, -0.2) is 0 Å². The second-order valence-electron chi connectivity index (χ2n) is 5.79. The number of nitrogens with one attached hydrogen (secondary N) is 1. The van der Waals surface area contributed by atoms with E-state index in [1.54, 1.807) is 0 Å². The molecule has 18 heavy (non-hydrogen) atoms. The Balaban J connectivity index is 1.88. The molecule has 2 unspecified atom stereocenters. The van der Waals surface area contributed by atoms with Gasteiger partial charge in [-0.1, -0.05) is 60.1 Å². The second kappa shape index (κ2) is 5.43. The number of carbonyl (C=O) groups is 1. The highest BCUT2D eigenvalue weighted by atomic mass is 79.9. The van der Waals surface area contributed by atoms with Gasteiger partial charge >= 0.3 is 0 Å². The lowest BCUT2D eigenvalue weighted by atomic mass is 10.1. The van der Waals surface area contributed by atoms with Gasteiger partial charge in [-0.3, -0.25) is 4.79 Å². The number of hydrogen-bond donors (Lipinski definition) is 1. The normalized spacial score (nSPS) is 22.3. The third-order valence-electron chi connectivity index (χ3n) is 3.69. The molecule has 1 aromatic rings. The van der Waals surface area contributed by atoms with E-state index in [1.165, 1.54) is 5.56 Å². The van der Waals surface area contributed by atoms with E-state index in [-0.39, 0.29) is 23.3 Å². The van der Waals surface area contributed by atoms with Crippen LogP contribution in [0.3, 0.4) is 0 Å². The molecule has 1 fully saturated rings. The molecule has 98 valence electrons. The Morgan fingerprint density at radius 3 is 2.56 bits per heavy atom. The summed E-state index contributed by atoms with van der Waals surface area (Å²) in [6, 6.07) is 10.5. The van der Waals surface area contributed by atoms with Crippen molar-refractivity contribution in [2.24, 2.45) is 11.3 Å². The summed E-state index contributed by atoms with van der Waals surface area (Å²) in [7, 11) is 0. The Hall–Kier alpha value is -0.830. The van der Waals surface area contributed by atoms with Gasteiger partial charge in [0, 0.05) is 17.3 Å². The molecule has 1 N–H and O–H groups in total. The van der Waals surface area contributed by atoms with Crippen LogP contribution >= 0.6 is 15.9 Å². The largest absolute Gasteiger partial charge is 0.352 e. The third-order valence-corrected chi connectivity index (χ3v) is 4.47. The maximum atomic E-state index is 12.0. The van der Waals surface area contributed by atoms with Gasteiger partial charge in [-0.15, -0.1) is 0 Å². The van der Waals surface area contributed by atoms with Crippen molar-refractivity contribution in [3.63, 3.8) is 0 Å². The SMILES string of the molecule is CC1(C)CC1C(=O)NC(CBr)Cc1ccccc1. The van der Waals surface area contributed by atoms with E-state index in [1.807, 2.05) is 18.2 Å². The molecule has 1 aliphatic rings. The number of rotatable bonds is 5. The van der Waals surface area contributed by atoms with Gasteiger partial charge in [0.2, 0.25) is 5.91 Å². The van der Waals surface area contributed by atoms with Crippen LogP contribution < -0.4 is 5.32 Å². The minimum absolute atomic E-state index is 0.177. The summed E-state index contributed by atoms with van der Waals surface area (Å²) in [6.45, 7) is 4.30. The van der Waals surface area contributed by atoms with Gasteiger partial charge < -0.3 is 5.32 Å². The molecule has 0 spiro atoms. The molecule has 2 nitrogen and oxygen atoms in total. The highest BCUT2D eigenvalue weighted by molar-refractivity contribution is 9.09. The lowest BCUT2D eigenvalue weighted by Crippen LogP contribution is -2.39. The first-order chi connectivity index (χ1) is 8.53. The zero-order valence-corrected chi connectivity index (χ0v) is 12.5. The third kappa shape index (κ3) is 3.35. The van der Waals surface area contributed by atoms with Crippen molar-refractivity contribution >= 4 is 21.8 Å². The van der Waals surface area contributed by atoms with Gasteiger partial charge in [-0.2, -0.15) is 0 Å². The highest BCUT2D eigenvalue weighted by Crippen LogP contribution is 2.51. The van der Waals surface area contributed by atoms with Crippen LogP contribution in [-0.4, -0.2) is 17.3 Å². The van der Waals surface area contributed by atoms with E-state index in [4.69, 9.17) is 0 Å². The van der Waals surface area contributed by atoms with Crippen LogP contribution in [0.4, 0.5) is 0 Å². The fourth-order valence-electron chi connectivity index (χ4n) is 2.26. The molecular formula is C15H20BrNO. The van der Waals surface area contributed by atoms with Crippen molar-refractivity contribution in [1.29, 1.82) is 0 Å². The molecule has 3 heteroatoms. The first-order valence-electron chi connectivity index (χ1n) is 6.43. The molecule has 2 rings (SSSR count). The van der Waals surface area contributed by atoms with Crippen LogP contribution in [0.5, 0.6) is 0 Å². The first-order valence-corrected chi connectivity index (χ1v) is 7.55. The zero-order valence-electron chi connectivity index (χ0n) is 10.9. The average Bonchev–Trinajstić information content (AvgIpc) is 2.99. The predicted molar refractivity (Wildman–Crippen MR) is 77.8 cm³/mol. The Kier molecular flexibility index (Phi) is 4.10. The zero-order chi connectivity index (χ0) is 13.2. The van der Waals surface area contributed by atoms with Crippen LogP contribution in [0, 0.1) is 11.3 Å². The summed E-state index contributed by atoms with van der Waals surface area (Å²) in [5, 5.41) is 3.94. The van der Waals surface area contributed by atoms with Gasteiger partial charge in [0.25, 0.3) is 0 Å². The van der Waals surface area contributed by atoms with Gasteiger partial charge in [-0.05, 0) is 23.8 Å². The molecule has 1 aromatic carbocycles. The molecular weight excluding hydrogens is 290 g/mol. The van der Waals surface area contributed by atoms with Gasteiger partial charge in [0.15, 0.2) is 0 Å². The summed E-state index contributed by atoms with van der Waals surface area (Å²) in [5.74, 6) is 0.412. The number of benzene rings is 1. The fourth-order valence-corrected chi connectivity index (χ4v) is 2.65. The maximum absolute atomic E-state index is 12.0. The van der Waals surface area contributed by atoms with Crippen molar-refractivity contribution in [1.82, 2.24) is 5.32 Å². The Morgan fingerprint density at radius 1 is 1.44 bits per heavy atom. The quantitative estimate of drug-likeness (QED) is 0.832. The second-order valence-corrected chi connectivity index (χ2v) is 6.44. The van der Waals surface area contributed by atoms with E-state index in [9.17, 15) is 4.79 Å². The fraction of sp³-hybridized carbons (Fsp3) is 0.533. The number of alkyl halides is 1. The van der Waals surface area contributed by atoms with Crippen LogP contribution in [0.2, 0.25) is 0 Å². The van der Waals surface area contributed by atoms with Crippen LogP contribution in [-0.2, 0) is 11.2 Å². The van der Waals surface area contributed by atoms with Crippen molar-refractivity contribution < 1.29 is 4.79 Å². The van der Waals surface area contributed by atoms with Crippen LogP contribution in [0.1, 0.15) is 25.8 Å². The monoisotopic (exact) mass is 309 g/mol. The lowest BCUT2D eigenvalue weighted by molar-refractivity contribution is -0.123. The number of halogens is 1. The van der Waals surface area contributed by atoms with Crippen molar-refractivity contribution in [3.05, 3.63) is 35.9 Å². The molecule has 0 saturated heterocycles. The van der Waals surface area contributed by atoms with E-state index in [0.717, 1.165) is 18.2 Å². The molecule has 0 bridgehead atoms. The van der Waals surface area contributed by atoms with E-state index in [0.29, 0.717) is 0 Å². The minimum atomic E-state index is 0.177. The molecule has 1 amide bonds. The van der Waals surface area contributed by atoms with E-state index in [2.05, 4.69) is 47.2 Å². The van der Waals surface area contributed by atoms with E-state index >= 15 is 0 Å². The molecule has 0 radical (unpaired) electrons.